The summed E-state index contributed by atoms with van der Waals surface area (Å²) in [4.78, 5) is 21.1. The van der Waals surface area contributed by atoms with Gasteiger partial charge in [0.15, 0.2) is 0 Å². The van der Waals surface area contributed by atoms with E-state index in [0.717, 1.165) is 51.5 Å². The van der Waals surface area contributed by atoms with Crippen LogP contribution in [0.15, 0.2) is 12.3 Å². The predicted octanol–water partition coefficient (Wildman–Crippen LogP) is 0.519. The number of rotatable bonds is 2. The molecule has 0 aliphatic carbocycles. The molecule has 6 nitrogen and oxygen atoms in total. The molecule has 2 saturated heterocycles. The number of ether oxygens (including phenoxy) is 1. The lowest BCUT2D eigenvalue weighted by Crippen LogP contribution is -2.45. The first-order chi connectivity index (χ1) is 10.1. The Hall–Kier alpha value is -1.66. The van der Waals surface area contributed by atoms with Crippen LogP contribution in [0.25, 0.3) is 0 Å². The Morgan fingerprint density at radius 2 is 2.14 bits per heavy atom. The maximum Gasteiger partial charge on any atom is 0.257 e. The Labute approximate surface area is 124 Å². The highest BCUT2D eigenvalue weighted by molar-refractivity contribution is 5.99. The van der Waals surface area contributed by atoms with Crippen molar-refractivity contribution >= 4 is 11.6 Å². The van der Waals surface area contributed by atoms with Crippen molar-refractivity contribution in [2.24, 2.45) is 0 Å². The van der Waals surface area contributed by atoms with E-state index in [1.165, 1.54) is 0 Å². The van der Waals surface area contributed by atoms with E-state index in [1.807, 2.05) is 11.8 Å². The minimum absolute atomic E-state index is 0.00393. The third-order valence-corrected chi connectivity index (χ3v) is 4.32. The largest absolute Gasteiger partial charge is 0.398 e. The molecule has 1 aromatic heterocycles. The molecule has 2 aliphatic rings. The third kappa shape index (κ3) is 3.01. The Morgan fingerprint density at radius 1 is 1.38 bits per heavy atom. The molecule has 1 aromatic rings. The first kappa shape index (κ1) is 14.3. The quantitative estimate of drug-likeness (QED) is 0.859. The number of hydrogen-bond donors (Lipinski definition) is 1. The summed E-state index contributed by atoms with van der Waals surface area (Å²) in [5.41, 5.74) is 7.82. The van der Waals surface area contributed by atoms with Crippen molar-refractivity contribution in [2.45, 2.75) is 19.4 Å². The van der Waals surface area contributed by atoms with E-state index < -0.39 is 0 Å². The van der Waals surface area contributed by atoms with Crippen LogP contribution in [0.1, 0.15) is 22.5 Å². The van der Waals surface area contributed by atoms with Gasteiger partial charge in [0.2, 0.25) is 0 Å². The minimum Gasteiger partial charge on any atom is -0.398 e. The second kappa shape index (κ2) is 5.99. The van der Waals surface area contributed by atoms with Crippen LogP contribution < -0.4 is 5.73 Å². The van der Waals surface area contributed by atoms with Gasteiger partial charge in [-0.15, -0.1) is 0 Å². The maximum atomic E-state index is 12.6. The number of aryl methyl sites for hydroxylation is 1. The molecule has 0 radical (unpaired) electrons. The monoisotopic (exact) mass is 290 g/mol. The number of pyridine rings is 1. The van der Waals surface area contributed by atoms with Gasteiger partial charge < -0.3 is 15.4 Å². The maximum absolute atomic E-state index is 12.6. The van der Waals surface area contributed by atoms with Gasteiger partial charge in [-0.3, -0.25) is 14.7 Å². The molecule has 114 valence electrons. The number of anilines is 1. The average molecular weight is 290 g/mol. The predicted molar refractivity (Wildman–Crippen MR) is 80.1 cm³/mol. The highest BCUT2D eigenvalue weighted by Crippen LogP contribution is 2.21. The van der Waals surface area contributed by atoms with Gasteiger partial charge >= 0.3 is 0 Å². The van der Waals surface area contributed by atoms with E-state index >= 15 is 0 Å². The molecular formula is C15H22N4O2. The van der Waals surface area contributed by atoms with Gasteiger partial charge in [0.1, 0.15) is 0 Å². The van der Waals surface area contributed by atoms with Crippen molar-refractivity contribution in [3.63, 3.8) is 0 Å². The molecule has 1 amide bonds. The Bertz CT molecular complexity index is 528. The van der Waals surface area contributed by atoms with Gasteiger partial charge in [0.25, 0.3) is 5.91 Å². The fourth-order valence-electron chi connectivity index (χ4n) is 3.10. The topological polar surface area (TPSA) is 71.7 Å². The highest BCUT2D eigenvalue weighted by atomic mass is 16.5. The molecule has 2 aliphatic heterocycles. The summed E-state index contributed by atoms with van der Waals surface area (Å²) in [5, 5.41) is 0. The zero-order valence-corrected chi connectivity index (χ0v) is 12.4. The fourth-order valence-corrected chi connectivity index (χ4v) is 3.10. The van der Waals surface area contributed by atoms with Crippen LogP contribution in [-0.2, 0) is 4.74 Å². The van der Waals surface area contributed by atoms with Crippen molar-refractivity contribution in [1.82, 2.24) is 14.8 Å². The van der Waals surface area contributed by atoms with Crippen molar-refractivity contribution in [3.8, 4) is 0 Å². The summed E-state index contributed by atoms with van der Waals surface area (Å²) in [6, 6.07) is 2.19. The van der Waals surface area contributed by atoms with Crippen molar-refractivity contribution < 1.29 is 9.53 Å². The number of nitrogens with zero attached hydrogens (tertiary/aromatic N) is 3. The van der Waals surface area contributed by atoms with Crippen molar-refractivity contribution in [2.75, 3.05) is 45.1 Å². The van der Waals surface area contributed by atoms with Crippen LogP contribution in [0.5, 0.6) is 0 Å². The number of carbonyl (C=O) groups excluding carboxylic acids is 1. The number of amides is 1. The van der Waals surface area contributed by atoms with E-state index in [4.69, 9.17) is 10.5 Å². The Balaban J connectivity index is 1.66. The lowest BCUT2D eigenvalue weighted by molar-refractivity contribution is 0.0185. The molecule has 3 heterocycles. The van der Waals surface area contributed by atoms with Crippen LogP contribution in [-0.4, -0.2) is 66.1 Å². The number of likely N-dealkylation sites (tertiary alicyclic amines) is 1. The number of carbonyl (C=O) groups is 1. The summed E-state index contributed by atoms with van der Waals surface area (Å²) in [6.45, 7) is 6.93. The molecule has 6 heteroatoms. The smallest absolute Gasteiger partial charge is 0.257 e. The standard InChI is InChI=1S/C15H22N4O2/c1-11-8-14(16)13(9-17-11)15(20)19-3-2-12(10-19)18-4-6-21-7-5-18/h8-9,12H,2-7,10H2,1H3,(H2,16,17). The van der Waals surface area contributed by atoms with Crippen LogP contribution in [0, 0.1) is 6.92 Å². The zero-order valence-electron chi connectivity index (χ0n) is 12.4. The van der Waals surface area contributed by atoms with Crippen molar-refractivity contribution in [1.29, 1.82) is 0 Å². The summed E-state index contributed by atoms with van der Waals surface area (Å²) >= 11 is 0. The zero-order chi connectivity index (χ0) is 14.8. The van der Waals surface area contributed by atoms with Gasteiger partial charge in [0.05, 0.1) is 18.8 Å². The van der Waals surface area contributed by atoms with E-state index in [0.29, 0.717) is 17.3 Å². The molecule has 0 spiro atoms. The lowest BCUT2D eigenvalue weighted by atomic mass is 10.2. The summed E-state index contributed by atoms with van der Waals surface area (Å²) in [6.07, 6.45) is 2.61. The average Bonchev–Trinajstić information content (AvgIpc) is 2.97. The number of morpholine rings is 1. The SMILES string of the molecule is Cc1cc(N)c(C(=O)N2CCC(N3CCOCC3)C2)cn1. The molecule has 2 N–H and O–H groups in total. The number of nitrogens with two attached hydrogens (primary N) is 1. The molecule has 21 heavy (non-hydrogen) atoms. The van der Waals surface area contributed by atoms with Crippen LogP contribution in [0.4, 0.5) is 5.69 Å². The molecule has 3 rings (SSSR count). The number of aromatic nitrogens is 1. The normalized spacial score (nSPS) is 23.5. The second-order valence-corrected chi connectivity index (χ2v) is 5.75. The molecule has 0 saturated carbocycles. The highest BCUT2D eigenvalue weighted by Gasteiger charge is 2.32. The van der Waals surface area contributed by atoms with Crippen LogP contribution in [0.2, 0.25) is 0 Å². The van der Waals surface area contributed by atoms with Gasteiger partial charge in [-0.2, -0.15) is 0 Å². The minimum atomic E-state index is -0.00393. The molecule has 1 unspecified atom stereocenters. The third-order valence-electron chi connectivity index (χ3n) is 4.32. The van der Waals surface area contributed by atoms with Crippen molar-refractivity contribution in [3.05, 3.63) is 23.5 Å². The number of hydrogen-bond acceptors (Lipinski definition) is 5. The number of nitrogen functional groups attached to an aromatic ring is 1. The second-order valence-electron chi connectivity index (χ2n) is 5.75. The summed E-state index contributed by atoms with van der Waals surface area (Å²) in [5.74, 6) is -0.00393. The van der Waals surface area contributed by atoms with Gasteiger partial charge in [-0.25, -0.2) is 0 Å². The molecule has 0 bridgehead atoms. The molecular weight excluding hydrogens is 268 g/mol. The van der Waals surface area contributed by atoms with Gasteiger partial charge in [-0.05, 0) is 19.4 Å². The van der Waals surface area contributed by atoms with Crippen LogP contribution in [0.3, 0.4) is 0 Å². The van der Waals surface area contributed by atoms with Gasteiger partial charge in [-0.1, -0.05) is 0 Å². The van der Waals surface area contributed by atoms with E-state index in [1.54, 1.807) is 12.3 Å². The van der Waals surface area contributed by atoms with E-state index in [2.05, 4.69) is 9.88 Å². The molecule has 2 fully saturated rings. The first-order valence-corrected chi connectivity index (χ1v) is 7.48. The van der Waals surface area contributed by atoms with E-state index in [9.17, 15) is 4.79 Å². The van der Waals surface area contributed by atoms with Gasteiger partial charge in [0, 0.05) is 49.8 Å². The Kier molecular flexibility index (Phi) is 4.07. The first-order valence-electron chi connectivity index (χ1n) is 7.48. The Morgan fingerprint density at radius 3 is 2.86 bits per heavy atom. The van der Waals surface area contributed by atoms with E-state index in [-0.39, 0.29) is 5.91 Å². The molecule has 0 aromatic carbocycles. The molecule has 1 atom stereocenters. The fraction of sp³-hybridized carbons (Fsp3) is 0.600. The van der Waals surface area contributed by atoms with Crippen LogP contribution >= 0.6 is 0 Å². The summed E-state index contributed by atoms with van der Waals surface area (Å²) < 4.78 is 5.38. The summed E-state index contributed by atoms with van der Waals surface area (Å²) in [7, 11) is 0. The lowest BCUT2D eigenvalue weighted by Gasteiger charge is -2.32.